The quantitative estimate of drug-likeness (QED) is 0.795. The van der Waals surface area contributed by atoms with Gasteiger partial charge >= 0.3 is 0 Å². The third kappa shape index (κ3) is 5.92. The molecule has 0 radical (unpaired) electrons. The van der Waals surface area contributed by atoms with Gasteiger partial charge in [0, 0.05) is 5.69 Å². The van der Waals surface area contributed by atoms with E-state index in [-0.39, 0.29) is 0 Å². The molecule has 2 rings (SSSR count). The fourth-order valence-corrected chi connectivity index (χ4v) is 1.16. The SMILES string of the molecule is CC.CN.Nc1ccc(Oc2ccccc2)cc1. The van der Waals surface area contributed by atoms with Gasteiger partial charge in [-0.25, -0.2) is 0 Å². The molecule has 98 valence electrons. The summed E-state index contributed by atoms with van der Waals surface area (Å²) in [6.45, 7) is 4.00. The largest absolute Gasteiger partial charge is 0.457 e. The first-order chi connectivity index (χ1) is 8.84. The number of anilines is 1. The molecular formula is C15H22N2O. The van der Waals surface area contributed by atoms with Crippen molar-refractivity contribution in [3.05, 3.63) is 54.6 Å². The van der Waals surface area contributed by atoms with E-state index in [0.717, 1.165) is 17.2 Å². The highest BCUT2D eigenvalue weighted by atomic mass is 16.5. The minimum absolute atomic E-state index is 0.741. The number of benzene rings is 2. The summed E-state index contributed by atoms with van der Waals surface area (Å²) >= 11 is 0. The van der Waals surface area contributed by atoms with Crippen LogP contribution in [0.5, 0.6) is 11.5 Å². The van der Waals surface area contributed by atoms with Gasteiger partial charge in [-0.05, 0) is 43.4 Å². The van der Waals surface area contributed by atoms with Crippen LogP contribution in [0.1, 0.15) is 13.8 Å². The number of hydrogen-bond acceptors (Lipinski definition) is 3. The molecule has 3 heteroatoms. The predicted octanol–water partition coefficient (Wildman–Crippen LogP) is 3.66. The molecular weight excluding hydrogens is 224 g/mol. The molecule has 0 atom stereocenters. The van der Waals surface area contributed by atoms with E-state index < -0.39 is 0 Å². The van der Waals surface area contributed by atoms with E-state index in [1.165, 1.54) is 7.05 Å². The maximum Gasteiger partial charge on any atom is 0.127 e. The topological polar surface area (TPSA) is 61.3 Å². The van der Waals surface area contributed by atoms with E-state index in [2.05, 4.69) is 5.73 Å². The van der Waals surface area contributed by atoms with Gasteiger partial charge in [-0.1, -0.05) is 32.0 Å². The number of hydrogen-bond donors (Lipinski definition) is 2. The summed E-state index contributed by atoms with van der Waals surface area (Å²) in [7, 11) is 1.50. The monoisotopic (exact) mass is 246 g/mol. The van der Waals surface area contributed by atoms with Crippen LogP contribution >= 0.6 is 0 Å². The number of rotatable bonds is 2. The molecule has 0 heterocycles. The molecule has 2 aromatic carbocycles. The summed E-state index contributed by atoms with van der Waals surface area (Å²) < 4.78 is 5.58. The summed E-state index contributed by atoms with van der Waals surface area (Å²) in [5.41, 5.74) is 10.8. The van der Waals surface area contributed by atoms with Gasteiger partial charge in [0.2, 0.25) is 0 Å². The van der Waals surface area contributed by atoms with Crippen LogP contribution in [0.15, 0.2) is 54.6 Å². The molecule has 0 bridgehead atoms. The van der Waals surface area contributed by atoms with Crippen molar-refractivity contribution in [3.8, 4) is 11.5 Å². The zero-order valence-corrected chi connectivity index (χ0v) is 11.3. The molecule has 2 aromatic rings. The number of nitrogens with two attached hydrogens (primary N) is 2. The Balaban J connectivity index is 0.000000659. The highest BCUT2D eigenvalue weighted by Gasteiger charge is 1.94. The van der Waals surface area contributed by atoms with Gasteiger partial charge < -0.3 is 16.2 Å². The smallest absolute Gasteiger partial charge is 0.127 e. The van der Waals surface area contributed by atoms with Crippen molar-refractivity contribution in [2.45, 2.75) is 13.8 Å². The van der Waals surface area contributed by atoms with Crippen LogP contribution in [0.4, 0.5) is 5.69 Å². The molecule has 18 heavy (non-hydrogen) atoms. The molecule has 0 spiro atoms. The lowest BCUT2D eigenvalue weighted by molar-refractivity contribution is 0.483. The average molecular weight is 246 g/mol. The predicted molar refractivity (Wildman–Crippen MR) is 78.8 cm³/mol. The molecule has 0 fully saturated rings. The van der Waals surface area contributed by atoms with Gasteiger partial charge in [-0.15, -0.1) is 0 Å². The van der Waals surface area contributed by atoms with Gasteiger partial charge in [0.15, 0.2) is 0 Å². The molecule has 0 unspecified atom stereocenters. The van der Waals surface area contributed by atoms with Crippen LogP contribution in [-0.2, 0) is 0 Å². The van der Waals surface area contributed by atoms with Crippen molar-refractivity contribution in [3.63, 3.8) is 0 Å². The van der Waals surface area contributed by atoms with Gasteiger partial charge in [0.1, 0.15) is 11.5 Å². The Bertz CT molecular complexity index is 399. The molecule has 3 nitrogen and oxygen atoms in total. The van der Waals surface area contributed by atoms with Crippen LogP contribution in [0, 0.1) is 0 Å². The van der Waals surface area contributed by atoms with Crippen molar-refractivity contribution in [1.29, 1.82) is 0 Å². The van der Waals surface area contributed by atoms with Gasteiger partial charge in [0.25, 0.3) is 0 Å². The first kappa shape index (κ1) is 16.0. The second-order valence-corrected chi connectivity index (χ2v) is 2.98. The highest BCUT2D eigenvalue weighted by Crippen LogP contribution is 2.21. The first-order valence-corrected chi connectivity index (χ1v) is 6.01. The van der Waals surface area contributed by atoms with E-state index in [1.54, 1.807) is 0 Å². The van der Waals surface area contributed by atoms with Crippen LogP contribution in [0.25, 0.3) is 0 Å². The summed E-state index contributed by atoms with van der Waals surface area (Å²) in [5.74, 6) is 1.63. The minimum atomic E-state index is 0.741. The van der Waals surface area contributed by atoms with Crippen molar-refractivity contribution in [2.75, 3.05) is 12.8 Å². The van der Waals surface area contributed by atoms with Gasteiger partial charge in [0.05, 0.1) is 0 Å². The van der Waals surface area contributed by atoms with Crippen LogP contribution in [-0.4, -0.2) is 7.05 Å². The maximum absolute atomic E-state index is 5.58. The summed E-state index contributed by atoms with van der Waals surface area (Å²) in [4.78, 5) is 0. The fourth-order valence-electron chi connectivity index (χ4n) is 1.16. The Hall–Kier alpha value is -2.00. The Labute approximate surface area is 109 Å². The van der Waals surface area contributed by atoms with E-state index >= 15 is 0 Å². The van der Waals surface area contributed by atoms with E-state index in [4.69, 9.17) is 10.5 Å². The third-order valence-electron chi connectivity index (χ3n) is 1.86. The zero-order chi connectivity index (χ0) is 13.8. The van der Waals surface area contributed by atoms with Crippen molar-refractivity contribution in [2.24, 2.45) is 5.73 Å². The molecule has 0 aliphatic carbocycles. The lowest BCUT2D eigenvalue weighted by Crippen LogP contribution is -1.85. The second-order valence-electron chi connectivity index (χ2n) is 2.98. The summed E-state index contributed by atoms with van der Waals surface area (Å²) in [5, 5.41) is 0. The number of para-hydroxylation sites is 1. The summed E-state index contributed by atoms with van der Waals surface area (Å²) in [6.07, 6.45) is 0. The van der Waals surface area contributed by atoms with Crippen LogP contribution in [0.3, 0.4) is 0 Å². The van der Waals surface area contributed by atoms with Crippen molar-refractivity contribution >= 4 is 5.69 Å². The number of nitrogen functional groups attached to an aromatic ring is 1. The second kappa shape index (κ2) is 10.2. The van der Waals surface area contributed by atoms with Crippen LogP contribution in [0.2, 0.25) is 0 Å². The standard InChI is InChI=1S/C12H11NO.C2H6.CH5N/c13-10-6-8-12(9-7-10)14-11-4-2-1-3-5-11;2*1-2/h1-9H,13H2;1-2H3;2H2,1H3. The summed E-state index contributed by atoms with van der Waals surface area (Å²) in [6, 6.07) is 17.0. The van der Waals surface area contributed by atoms with Crippen molar-refractivity contribution in [1.82, 2.24) is 0 Å². The molecule has 0 aliphatic rings. The maximum atomic E-state index is 5.58. The average Bonchev–Trinajstić information content (AvgIpc) is 2.47. The Morgan fingerprint density at radius 3 is 1.67 bits per heavy atom. The first-order valence-electron chi connectivity index (χ1n) is 6.01. The molecule has 0 aromatic heterocycles. The minimum Gasteiger partial charge on any atom is -0.457 e. The normalized spacial score (nSPS) is 8.22. The van der Waals surface area contributed by atoms with Gasteiger partial charge in [-0.3, -0.25) is 0 Å². The molecule has 0 aliphatic heterocycles. The lowest BCUT2D eigenvalue weighted by atomic mass is 10.3. The molecule has 0 amide bonds. The van der Waals surface area contributed by atoms with Crippen molar-refractivity contribution < 1.29 is 4.74 Å². The fraction of sp³-hybridized carbons (Fsp3) is 0.200. The molecule has 0 saturated carbocycles. The van der Waals surface area contributed by atoms with Gasteiger partial charge in [-0.2, -0.15) is 0 Å². The third-order valence-corrected chi connectivity index (χ3v) is 1.86. The molecule has 0 saturated heterocycles. The highest BCUT2D eigenvalue weighted by molar-refractivity contribution is 5.42. The Kier molecular flexibility index (Phi) is 9.04. The Morgan fingerprint density at radius 1 is 0.722 bits per heavy atom. The lowest BCUT2D eigenvalue weighted by Gasteiger charge is -2.04. The molecule has 4 N–H and O–H groups in total. The van der Waals surface area contributed by atoms with E-state index in [1.807, 2.05) is 68.4 Å². The van der Waals surface area contributed by atoms with E-state index in [0.29, 0.717) is 0 Å². The zero-order valence-electron chi connectivity index (χ0n) is 11.3. The van der Waals surface area contributed by atoms with Crippen LogP contribution < -0.4 is 16.2 Å². The Morgan fingerprint density at radius 2 is 1.17 bits per heavy atom. The number of ether oxygens (including phenoxy) is 1. The van der Waals surface area contributed by atoms with E-state index in [9.17, 15) is 0 Å².